The second-order valence-corrected chi connectivity index (χ2v) is 8.83. The molecule has 27 heavy (non-hydrogen) atoms. The number of nitrogens with zero attached hydrogens (tertiary/aromatic N) is 2. The predicted octanol–water partition coefficient (Wildman–Crippen LogP) is 1.79. The SMILES string of the molecule is CC(C)(O)C(=O)N1CCCC(COc2cccc3c2C(N)=NS(O)(O)N3)C1. The molecule has 1 unspecified atom stereocenters. The molecule has 1 aromatic carbocycles. The molecule has 150 valence electrons. The second-order valence-electron chi connectivity index (χ2n) is 7.41. The Balaban J connectivity index is 1.69. The minimum absolute atomic E-state index is 0.00169. The zero-order valence-electron chi connectivity index (χ0n) is 15.4. The summed E-state index contributed by atoms with van der Waals surface area (Å²) in [5, 5.41) is 9.94. The number of aliphatic hydroxyl groups is 1. The number of ether oxygens (including phenoxy) is 1. The molecule has 3 rings (SSSR count). The van der Waals surface area contributed by atoms with E-state index in [1.54, 1.807) is 23.1 Å². The van der Waals surface area contributed by atoms with Gasteiger partial charge in [0, 0.05) is 19.0 Å². The number of carbonyl (C=O) groups excluding carboxylic acids is 1. The summed E-state index contributed by atoms with van der Waals surface area (Å²) in [6, 6.07) is 5.13. The fourth-order valence-electron chi connectivity index (χ4n) is 3.33. The van der Waals surface area contributed by atoms with Crippen molar-refractivity contribution in [2.24, 2.45) is 16.0 Å². The normalized spacial score (nSPS) is 22.9. The Morgan fingerprint density at radius 2 is 2.22 bits per heavy atom. The fourth-order valence-corrected chi connectivity index (χ4v) is 4.21. The van der Waals surface area contributed by atoms with Gasteiger partial charge in [0.2, 0.25) is 0 Å². The highest BCUT2D eigenvalue weighted by Gasteiger charge is 2.33. The number of hydrogen-bond acceptors (Lipinski definition) is 8. The minimum atomic E-state index is -3.34. The summed E-state index contributed by atoms with van der Waals surface area (Å²) >= 11 is 0. The third-order valence-electron chi connectivity index (χ3n) is 4.56. The maximum atomic E-state index is 12.3. The molecule has 0 radical (unpaired) electrons. The van der Waals surface area contributed by atoms with E-state index >= 15 is 0 Å². The van der Waals surface area contributed by atoms with Crippen LogP contribution in [0.4, 0.5) is 5.69 Å². The lowest BCUT2D eigenvalue weighted by atomic mass is 9.97. The van der Waals surface area contributed by atoms with Gasteiger partial charge in [-0.05, 0) is 49.8 Å². The topological polar surface area (TPSA) is 141 Å². The Morgan fingerprint density at radius 1 is 1.48 bits per heavy atom. The van der Waals surface area contributed by atoms with E-state index in [1.807, 2.05) is 0 Å². The lowest BCUT2D eigenvalue weighted by Gasteiger charge is -2.36. The molecule has 1 aromatic rings. The monoisotopic (exact) mass is 398 g/mol. The van der Waals surface area contributed by atoms with Gasteiger partial charge in [0.05, 0.1) is 17.9 Å². The molecule has 2 heterocycles. The van der Waals surface area contributed by atoms with Gasteiger partial charge >= 0.3 is 0 Å². The van der Waals surface area contributed by atoms with Gasteiger partial charge < -0.3 is 20.5 Å². The van der Waals surface area contributed by atoms with Crippen molar-refractivity contribution in [3.63, 3.8) is 0 Å². The average Bonchev–Trinajstić information content (AvgIpc) is 2.57. The van der Waals surface area contributed by atoms with Crippen molar-refractivity contribution in [3.05, 3.63) is 23.8 Å². The highest BCUT2D eigenvalue weighted by Crippen LogP contribution is 2.46. The number of likely N-dealkylation sites (tertiary alicyclic amines) is 1. The van der Waals surface area contributed by atoms with Crippen molar-refractivity contribution in [1.82, 2.24) is 4.90 Å². The van der Waals surface area contributed by atoms with E-state index in [1.165, 1.54) is 13.8 Å². The van der Waals surface area contributed by atoms with Crippen LogP contribution in [0.2, 0.25) is 0 Å². The zero-order chi connectivity index (χ0) is 19.8. The van der Waals surface area contributed by atoms with Crippen molar-refractivity contribution in [1.29, 1.82) is 0 Å². The van der Waals surface area contributed by atoms with Crippen molar-refractivity contribution in [2.75, 3.05) is 24.4 Å². The van der Waals surface area contributed by atoms with Crippen LogP contribution >= 0.6 is 11.0 Å². The standard InChI is InChI=1S/C17H26N4O5S/c1-17(2,23)16(22)21-8-4-5-11(9-21)10-26-13-7-3-6-12-14(13)15(18)20-27(24,25)19-12/h3,6-7,11,19,23-25H,4-5,8-10H2,1-2H3,(H2,18,20). The van der Waals surface area contributed by atoms with Crippen LogP contribution in [0.5, 0.6) is 5.75 Å². The first-order valence-corrected chi connectivity index (χ1v) is 10.3. The maximum absolute atomic E-state index is 12.3. The largest absolute Gasteiger partial charge is 0.492 e. The maximum Gasteiger partial charge on any atom is 0.253 e. The number of nitrogens with one attached hydrogen (secondary N) is 1. The van der Waals surface area contributed by atoms with E-state index in [0.717, 1.165) is 12.8 Å². The van der Waals surface area contributed by atoms with E-state index in [-0.39, 0.29) is 17.7 Å². The Labute approximate surface area is 159 Å². The molecule has 10 heteroatoms. The number of benzene rings is 1. The molecule has 0 spiro atoms. The number of carbonyl (C=O) groups is 1. The molecule has 1 amide bonds. The van der Waals surface area contributed by atoms with Crippen molar-refractivity contribution in [2.45, 2.75) is 32.3 Å². The first-order valence-electron chi connectivity index (χ1n) is 8.76. The van der Waals surface area contributed by atoms with Gasteiger partial charge in [-0.1, -0.05) is 6.07 Å². The quantitative estimate of drug-likeness (QED) is 0.521. The molecule has 0 aliphatic carbocycles. The van der Waals surface area contributed by atoms with E-state index in [2.05, 4.69) is 9.12 Å². The summed E-state index contributed by atoms with van der Waals surface area (Å²) in [4.78, 5) is 14.0. The van der Waals surface area contributed by atoms with Crippen molar-refractivity contribution in [3.8, 4) is 5.75 Å². The number of nitrogens with two attached hydrogens (primary N) is 1. The van der Waals surface area contributed by atoms with Crippen LogP contribution in [0.25, 0.3) is 0 Å². The molecule has 1 fully saturated rings. The Bertz CT molecular complexity index is 762. The molecule has 0 bridgehead atoms. The van der Waals surface area contributed by atoms with E-state index in [4.69, 9.17) is 10.5 Å². The zero-order valence-corrected chi connectivity index (χ0v) is 16.2. The molecule has 9 nitrogen and oxygen atoms in total. The summed E-state index contributed by atoms with van der Waals surface area (Å²) in [5.41, 5.74) is 5.44. The fraction of sp³-hybridized carbons (Fsp3) is 0.529. The number of amides is 1. The molecular formula is C17H26N4O5S. The summed E-state index contributed by atoms with van der Waals surface area (Å²) in [5.74, 6) is 0.329. The predicted molar refractivity (Wildman–Crippen MR) is 105 cm³/mol. The molecule has 0 aromatic heterocycles. The van der Waals surface area contributed by atoms with Gasteiger partial charge in [0.1, 0.15) is 11.4 Å². The van der Waals surface area contributed by atoms with Gasteiger partial charge in [-0.25, -0.2) is 0 Å². The third kappa shape index (κ3) is 4.46. The van der Waals surface area contributed by atoms with Crippen molar-refractivity contribution >= 4 is 28.4 Å². The number of hydrogen-bond donors (Lipinski definition) is 5. The number of amidine groups is 1. The lowest BCUT2D eigenvalue weighted by molar-refractivity contribution is -0.149. The summed E-state index contributed by atoms with van der Waals surface area (Å²) in [6.07, 6.45) is 1.75. The third-order valence-corrected chi connectivity index (χ3v) is 5.50. The van der Waals surface area contributed by atoms with Crippen LogP contribution in [-0.2, 0) is 4.79 Å². The van der Waals surface area contributed by atoms with Gasteiger partial charge in [-0.3, -0.25) is 18.6 Å². The summed E-state index contributed by atoms with van der Waals surface area (Å²) in [6.45, 7) is 4.49. The van der Waals surface area contributed by atoms with E-state index in [0.29, 0.717) is 36.7 Å². The Hall–Kier alpha value is -2.01. The molecule has 2 aliphatic heterocycles. The minimum Gasteiger partial charge on any atom is -0.492 e. The van der Waals surface area contributed by atoms with Gasteiger partial charge in [0.15, 0.2) is 5.84 Å². The Kier molecular flexibility index (Phi) is 5.26. The second kappa shape index (κ2) is 7.19. The molecule has 1 atom stereocenters. The first kappa shape index (κ1) is 19.7. The lowest BCUT2D eigenvalue weighted by Crippen LogP contribution is -2.49. The van der Waals surface area contributed by atoms with Gasteiger partial charge in [0.25, 0.3) is 5.91 Å². The van der Waals surface area contributed by atoms with Gasteiger partial charge in [-0.2, -0.15) is 0 Å². The highest BCUT2D eigenvalue weighted by molar-refractivity contribution is 8.24. The first-order chi connectivity index (χ1) is 12.6. The average molecular weight is 398 g/mol. The smallest absolute Gasteiger partial charge is 0.253 e. The molecular weight excluding hydrogens is 372 g/mol. The molecule has 0 saturated carbocycles. The van der Waals surface area contributed by atoms with Crippen LogP contribution in [0.1, 0.15) is 32.3 Å². The molecule has 2 aliphatic rings. The Morgan fingerprint density at radius 3 is 2.93 bits per heavy atom. The van der Waals surface area contributed by atoms with Crippen molar-refractivity contribution < 1.29 is 23.7 Å². The summed E-state index contributed by atoms with van der Waals surface area (Å²) < 4.78 is 31.6. The van der Waals surface area contributed by atoms with Crippen LogP contribution in [0.15, 0.2) is 22.6 Å². The van der Waals surface area contributed by atoms with E-state index < -0.39 is 16.6 Å². The number of fused-ring (bicyclic) bond motifs is 1. The van der Waals surface area contributed by atoms with Crippen LogP contribution in [0, 0.1) is 5.92 Å². The highest BCUT2D eigenvalue weighted by atomic mass is 32.3. The van der Waals surface area contributed by atoms with Crippen LogP contribution in [-0.4, -0.2) is 56.2 Å². The molecule has 1 saturated heterocycles. The van der Waals surface area contributed by atoms with Gasteiger partial charge in [-0.15, -0.1) is 4.40 Å². The number of piperidine rings is 1. The number of rotatable bonds is 4. The van der Waals surface area contributed by atoms with Crippen LogP contribution in [0.3, 0.4) is 0 Å². The van der Waals surface area contributed by atoms with E-state index in [9.17, 15) is 19.0 Å². The molecule has 6 N–H and O–H groups in total. The summed E-state index contributed by atoms with van der Waals surface area (Å²) in [7, 11) is -3.34. The number of anilines is 1. The van der Waals surface area contributed by atoms with Crippen LogP contribution < -0.4 is 15.2 Å².